The lowest BCUT2D eigenvalue weighted by molar-refractivity contribution is 0.802. The fourth-order valence-corrected chi connectivity index (χ4v) is 2.18. The van der Waals surface area contributed by atoms with Gasteiger partial charge in [-0.1, -0.05) is 13.8 Å². The van der Waals surface area contributed by atoms with Crippen LogP contribution in [-0.2, 0) is 12.8 Å². The molecule has 0 saturated heterocycles. The van der Waals surface area contributed by atoms with Crippen LogP contribution in [0.15, 0.2) is 36.9 Å². The summed E-state index contributed by atoms with van der Waals surface area (Å²) in [5.74, 6) is 3.51. The van der Waals surface area contributed by atoms with Gasteiger partial charge in [0.25, 0.3) is 0 Å². The van der Waals surface area contributed by atoms with Crippen LogP contribution in [0, 0.1) is 0 Å². The lowest BCUT2D eigenvalue weighted by Gasteiger charge is -2.07. The maximum absolute atomic E-state index is 4.29. The smallest absolute Gasteiger partial charge is 0.160 e. The van der Waals surface area contributed by atoms with Gasteiger partial charge in [0, 0.05) is 37.6 Å². The van der Waals surface area contributed by atoms with Crippen molar-refractivity contribution in [2.45, 2.75) is 26.7 Å². The van der Waals surface area contributed by atoms with Crippen LogP contribution in [-0.4, -0.2) is 29.3 Å². The molecule has 102 valence electrons. The molecular formula is C14H16N6. The normalized spacial score (nSPS) is 10.9. The summed E-state index contributed by atoms with van der Waals surface area (Å²) in [5.41, 5.74) is 0. The second-order valence-electron chi connectivity index (χ2n) is 4.38. The molecule has 0 fully saturated rings. The molecule has 0 aliphatic heterocycles. The van der Waals surface area contributed by atoms with Gasteiger partial charge in [-0.2, -0.15) is 0 Å². The lowest BCUT2D eigenvalue weighted by atomic mass is 10.4. The van der Waals surface area contributed by atoms with Crippen LogP contribution in [0.5, 0.6) is 0 Å². The quantitative estimate of drug-likeness (QED) is 0.726. The highest BCUT2D eigenvalue weighted by Gasteiger charge is 2.07. The SMILES string of the molecule is CCc1nccn1-c1ccc(-n2ccnc2CC)nn1. The Labute approximate surface area is 117 Å². The first-order valence-corrected chi connectivity index (χ1v) is 6.72. The Morgan fingerprint density at radius 1 is 0.800 bits per heavy atom. The van der Waals surface area contributed by atoms with Crippen molar-refractivity contribution >= 4 is 0 Å². The van der Waals surface area contributed by atoms with Gasteiger partial charge in [-0.05, 0) is 12.1 Å². The van der Waals surface area contributed by atoms with Crippen molar-refractivity contribution in [3.63, 3.8) is 0 Å². The number of hydrogen-bond acceptors (Lipinski definition) is 4. The van der Waals surface area contributed by atoms with E-state index in [2.05, 4.69) is 34.0 Å². The van der Waals surface area contributed by atoms with Crippen molar-refractivity contribution in [2.24, 2.45) is 0 Å². The predicted octanol–water partition coefficient (Wildman–Crippen LogP) is 1.97. The van der Waals surface area contributed by atoms with E-state index in [1.165, 1.54) is 0 Å². The van der Waals surface area contributed by atoms with Gasteiger partial charge in [0.15, 0.2) is 11.6 Å². The fourth-order valence-electron chi connectivity index (χ4n) is 2.18. The van der Waals surface area contributed by atoms with E-state index in [1.807, 2.05) is 33.7 Å². The van der Waals surface area contributed by atoms with Crippen LogP contribution in [0.2, 0.25) is 0 Å². The van der Waals surface area contributed by atoms with Gasteiger partial charge in [-0.3, -0.25) is 9.13 Å². The van der Waals surface area contributed by atoms with Crippen LogP contribution < -0.4 is 0 Å². The molecule has 0 aliphatic rings. The second kappa shape index (κ2) is 5.24. The summed E-state index contributed by atoms with van der Waals surface area (Å²) in [6, 6.07) is 3.89. The zero-order valence-corrected chi connectivity index (χ0v) is 11.6. The lowest BCUT2D eigenvalue weighted by Crippen LogP contribution is -2.06. The molecule has 3 rings (SSSR count). The van der Waals surface area contributed by atoms with Gasteiger partial charge in [-0.25, -0.2) is 9.97 Å². The van der Waals surface area contributed by atoms with E-state index in [9.17, 15) is 0 Å². The fraction of sp³-hybridized carbons (Fsp3) is 0.286. The maximum Gasteiger partial charge on any atom is 0.160 e. The first-order chi connectivity index (χ1) is 9.83. The Kier molecular flexibility index (Phi) is 3.28. The molecule has 3 aromatic rings. The van der Waals surface area contributed by atoms with Gasteiger partial charge in [-0.15, -0.1) is 10.2 Å². The highest BCUT2D eigenvalue weighted by molar-refractivity contribution is 5.30. The molecule has 0 aromatic carbocycles. The first-order valence-electron chi connectivity index (χ1n) is 6.72. The van der Waals surface area contributed by atoms with E-state index in [0.29, 0.717) is 0 Å². The van der Waals surface area contributed by atoms with Gasteiger partial charge in [0.05, 0.1) is 0 Å². The average molecular weight is 268 g/mol. The van der Waals surface area contributed by atoms with E-state index >= 15 is 0 Å². The highest BCUT2D eigenvalue weighted by Crippen LogP contribution is 2.11. The molecular weight excluding hydrogens is 252 g/mol. The zero-order chi connectivity index (χ0) is 13.9. The standard InChI is InChI=1S/C14H16N6/c1-3-11-15-7-9-19(11)13-5-6-14(18-17-13)20-10-8-16-12(20)4-2/h5-10H,3-4H2,1-2H3. The van der Waals surface area contributed by atoms with E-state index in [4.69, 9.17) is 0 Å². The van der Waals surface area contributed by atoms with Crippen LogP contribution in [0.1, 0.15) is 25.5 Å². The third kappa shape index (κ3) is 2.09. The third-order valence-electron chi connectivity index (χ3n) is 3.20. The summed E-state index contributed by atoms with van der Waals surface area (Å²) in [5, 5.41) is 8.57. The van der Waals surface area contributed by atoms with Crippen LogP contribution in [0.25, 0.3) is 11.6 Å². The molecule has 20 heavy (non-hydrogen) atoms. The predicted molar refractivity (Wildman–Crippen MR) is 75.0 cm³/mol. The number of hydrogen-bond donors (Lipinski definition) is 0. The molecule has 6 nitrogen and oxygen atoms in total. The van der Waals surface area contributed by atoms with Crippen molar-refractivity contribution in [3.05, 3.63) is 48.6 Å². The Hall–Kier alpha value is -2.50. The molecule has 0 amide bonds. The zero-order valence-electron chi connectivity index (χ0n) is 11.6. The minimum atomic E-state index is 0.779. The van der Waals surface area contributed by atoms with Gasteiger partial charge in [0.2, 0.25) is 0 Å². The van der Waals surface area contributed by atoms with Gasteiger partial charge >= 0.3 is 0 Å². The Bertz CT molecular complexity index is 633. The molecule has 0 bridgehead atoms. The van der Waals surface area contributed by atoms with Crippen LogP contribution in [0.3, 0.4) is 0 Å². The molecule has 6 heteroatoms. The van der Waals surface area contributed by atoms with Gasteiger partial charge in [0.1, 0.15) is 11.6 Å². The van der Waals surface area contributed by atoms with E-state index in [1.54, 1.807) is 12.4 Å². The maximum atomic E-state index is 4.29. The molecule has 3 heterocycles. The number of imidazole rings is 2. The van der Waals surface area contributed by atoms with Crippen molar-refractivity contribution in [1.82, 2.24) is 29.3 Å². The van der Waals surface area contributed by atoms with Crippen molar-refractivity contribution in [3.8, 4) is 11.6 Å². The number of nitrogens with zero attached hydrogens (tertiary/aromatic N) is 6. The minimum Gasteiger partial charge on any atom is -0.286 e. The largest absolute Gasteiger partial charge is 0.286 e. The second-order valence-corrected chi connectivity index (χ2v) is 4.38. The molecule has 0 radical (unpaired) electrons. The summed E-state index contributed by atoms with van der Waals surface area (Å²) < 4.78 is 3.90. The van der Waals surface area contributed by atoms with E-state index < -0.39 is 0 Å². The average Bonchev–Trinajstić information content (AvgIpc) is 3.15. The van der Waals surface area contributed by atoms with E-state index in [0.717, 1.165) is 36.1 Å². The topological polar surface area (TPSA) is 61.4 Å². The van der Waals surface area contributed by atoms with Crippen LogP contribution >= 0.6 is 0 Å². The first kappa shape index (κ1) is 12.5. The third-order valence-corrected chi connectivity index (χ3v) is 3.20. The molecule has 0 aliphatic carbocycles. The monoisotopic (exact) mass is 268 g/mol. The molecule has 0 spiro atoms. The Morgan fingerprint density at radius 3 is 1.60 bits per heavy atom. The molecule has 3 aromatic heterocycles. The highest BCUT2D eigenvalue weighted by atomic mass is 15.3. The summed E-state index contributed by atoms with van der Waals surface area (Å²) in [4.78, 5) is 8.58. The van der Waals surface area contributed by atoms with Crippen LogP contribution in [0.4, 0.5) is 0 Å². The van der Waals surface area contributed by atoms with E-state index in [-0.39, 0.29) is 0 Å². The number of aryl methyl sites for hydroxylation is 2. The minimum absolute atomic E-state index is 0.779. The number of aromatic nitrogens is 6. The summed E-state index contributed by atoms with van der Waals surface area (Å²) in [6.45, 7) is 4.14. The van der Waals surface area contributed by atoms with Crippen molar-refractivity contribution in [2.75, 3.05) is 0 Å². The Balaban J connectivity index is 1.96. The molecule has 0 unspecified atom stereocenters. The molecule has 0 atom stereocenters. The summed E-state index contributed by atoms with van der Waals surface area (Å²) >= 11 is 0. The molecule has 0 N–H and O–H groups in total. The van der Waals surface area contributed by atoms with Crippen molar-refractivity contribution in [1.29, 1.82) is 0 Å². The Morgan fingerprint density at radius 2 is 1.25 bits per heavy atom. The summed E-state index contributed by atoms with van der Waals surface area (Å²) in [6.07, 6.45) is 9.07. The number of rotatable bonds is 4. The van der Waals surface area contributed by atoms with Crippen molar-refractivity contribution < 1.29 is 0 Å². The summed E-state index contributed by atoms with van der Waals surface area (Å²) in [7, 11) is 0. The van der Waals surface area contributed by atoms with Gasteiger partial charge < -0.3 is 0 Å². The molecule has 0 saturated carbocycles.